The summed E-state index contributed by atoms with van der Waals surface area (Å²) in [6.07, 6.45) is 4.14. The van der Waals surface area contributed by atoms with Crippen LogP contribution in [0.15, 0.2) is 48.5 Å². The Labute approximate surface area is 168 Å². The lowest BCUT2D eigenvalue weighted by Gasteiger charge is -2.18. The summed E-state index contributed by atoms with van der Waals surface area (Å²) in [6.45, 7) is -0.305. The van der Waals surface area contributed by atoms with Gasteiger partial charge in [0.2, 0.25) is 5.91 Å². The highest BCUT2D eigenvalue weighted by Crippen LogP contribution is 2.28. The van der Waals surface area contributed by atoms with E-state index in [1.54, 1.807) is 48.5 Å². The number of para-hydroxylation sites is 2. The molecule has 4 rings (SSSR count). The van der Waals surface area contributed by atoms with E-state index in [2.05, 4.69) is 10.6 Å². The normalized spacial score (nSPS) is 16.1. The van der Waals surface area contributed by atoms with Crippen molar-refractivity contribution in [1.82, 2.24) is 5.32 Å². The van der Waals surface area contributed by atoms with E-state index in [9.17, 15) is 19.2 Å². The largest absolute Gasteiger partial charge is 0.349 e. The van der Waals surface area contributed by atoms with Crippen LogP contribution in [0.1, 0.15) is 46.4 Å². The predicted molar refractivity (Wildman–Crippen MR) is 108 cm³/mol. The Morgan fingerprint density at radius 2 is 1.66 bits per heavy atom. The van der Waals surface area contributed by atoms with Gasteiger partial charge in [-0.1, -0.05) is 37.1 Å². The second-order valence-corrected chi connectivity index (χ2v) is 7.29. The topological polar surface area (TPSA) is 95.6 Å². The van der Waals surface area contributed by atoms with Gasteiger partial charge in [0.15, 0.2) is 0 Å². The summed E-state index contributed by atoms with van der Waals surface area (Å²) in [5, 5.41) is 5.71. The molecule has 0 atom stereocenters. The maximum atomic E-state index is 12.6. The lowest BCUT2D eigenvalue weighted by molar-refractivity contribution is -0.118. The smallest absolute Gasteiger partial charge is 0.299 e. The highest BCUT2D eigenvalue weighted by molar-refractivity contribution is 6.52. The molecule has 7 heteroatoms. The molecule has 2 aromatic rings. The maximum absolute atomic E-state index is 12.6. The summed E-state index contributed by atoms with van der Waals surface area (Å²) < 4.78 is 0. The zero-order valence-electron chi connectivity index (χ0n) is 15.8. The minimum Gasteiger partial charge on any atom is -0.349 e. The third-order valence-electron chi connectivity index (χ3n) is 5.32. The number of Topliss-reactive ketones (excluding diaryl/α,β-unsaturated/α-hetero) is 1. The minimum absolute atomic E-state index is 0.163. The van der Waals surface area contributed by atoms with Crippen molar-refractivity contribution in [2.75, 3.05) is 16.8 Å². The zero-order valence-corrected chi connectivity index (χ0v) is 15.8. The molecule has 3 amide bonds. The monoisotopic (exact) mass is 391 g/mol. The third kappa shape index (κ3) is 3.76. The molecule has 0 unspecified atom stereocenters. The molecule has 0 radical (unpaired) electrons. The second kappa shape index (κ2) is 7.87. The fourth-order valence-corrected chi connectivity index (χ4v) is 3.86. The molecular formula is C22H21N3O4. The molecule has 1 saturated carbocycles. The van der Waals surface area contributed by atoms with Crippen LogP contribution >= 0.6 is 0 Å². The summed E-state index contributed by atoms with van der Waals surface area (Å²) in [5.41, 5.74) is 1.46. The average molecular weight is 391 g/mol. The number of anilines is 2. The molecule has 0 bridgehead atoms. The summed E-state index contributed by atoms with van der Waals surface area (Å²) >= 11 is 0. The molecule has 1 fully saturated rings. The van der Waals surface area contributed by atoms with Crippen molar-refractivity contribution in [3.05, 3.63) is 59.7 Å². The molecule has 29 heavy (non-hydrogen) atoms. The highest BCUT2D eigenvalue weighted by atomic mass is 16.2. The van der Waals surface area contributed by atoms with E-state index in [0.29, 0.717) is 22.5 Å². The van der Waals surface area contributed by atoms with Gasteiger partial charge in [0.05, 0.1) is 22.5 Å². The molecular weight excluding hydrogens is 370 g/mol. The SMILES string of the molecule is O=C(CN1C(=O)C(=O)c2ccccc21)Nc1ccccc1C(=O)NC1CCCC1. The molecule has 2 N–H and O–H groups in total. The third-order valence-corrected chi connectivity index (χ3v) is 5.32. The van der Waals surface area contributed by atoms with Crippen LogP contribution in [0, 0.1) is 0 Å². The van der Waals surface area contributed by atoms with Gasteiger partial charge < -0.3 is 10.6 Å². The first-order chi connectivity index (χ1) is 14.0. The van der Waals surface area contributed by atoms with Crippen molar-refractivity contribution < 1.29 is 19.2 Å². The molecule has 148 valence electrons. The van der Waals surface area contributed by atoms with Crippen LogP contribution in [0.2, 0.25) is 0 Å². The van der Waals surface area contributed by atoms with E-state index in [0.717, 1.165) is 30.6 Å². The molecule has 2 aromatic carbocycles. The van der Waals surface area contributed by atoms with Gasteiger partial charge in [0.1, 0.15) is 6.54 Å². The van der Waals surface area contributed by atoms with Crippen LogP contribution in [0.5, 0.6) is 0 Å². The standard InChI is InChI=1S/C22H21N3O4/c26-19(13-25-18-12-6-4-10-16(18)20(27)22(25)29)24-17-11-5-3-9-15(17)21(28)23-14-7-1-2-8-14/h3-6,9-12,14H,1-2,7-8,13H2,(H,23,28)(H,24,26). The van der Waals surface area contributed by atoms with Gasteiger partial charge >= 0.3 is 0 Å². The second-order valence-electron chi connectivity index (χ2n) is 7.29. The molecule has 2 aliphatic rings. The van der Waals surface area contributed by atoms with Crippen LogP contribution < -0.4 is 15.5 Å². The summed E-state index contributed by atoms with van der Waals surface area (Å²) in [5.74, 6) is -2.06. The Hall–Kier alpha value is -3.48. The summed E-state index contributed by atoms with van der Waals surface area (Å²) in [6, 6.07) is 13.5. The first kappa shape index (κ1) is 18.9. The number of amides is 3. The Morgan fingerprint density at radius 1 is 0.966 bits per heavy atom. The van der Waals surface area contributed by atoms with Crippen molar-refractivity contribution in [2.24, 2.45) is 0 Å². The van der Waals surface area contributed by atoms with E-state index in [4.69, 9.17) is 0 Å². The first-order valence-corrected chi connectivity index (χ1v) is 9.69. The van der Waals surface area contributed by atoms with Crippen LogP contribution in [0.3, 0.4) is 0 Å². The fourth-order valence-electron chi connectivity index (χ4n) is 3.86. The van der Waals surface area contributed by atoms with Gasteiger partial charge in [-0.3, -0.25) is 24.1 Å². The van der Waals surface area contributed by atoms with Crippen molar-refractivity contribution in [3.8, 4) is 0 Å². The maximum Gasteiger partial charge on any atom is 0.299 e. The van der Waals surface area contributed by atoms with Crippen molar-refractivity contribution in [1.29, 1.82) is 0 Å². The first-order valence-electron chi connectivity index (χ1n) is 9.69. The minimum atomic E-state index is -0.728. The van der Waals surface area contributed by atoms with E-state index in [1.165, 1.54) is 0 Å². The lowest BCUT2D eigenvalue weighted by Crippen LogP contribution is -2.38. The van der Waals surface area contributed by atoms with Crippen molar-refractivity contribution >= 4 is 34.9 Å². The van der Waals surface area contributed by atoms with Gasteiger partial charge in [0.25, 0.3) is 17.6 Å². The Bertz CT molecular complexity index is 995. The summed E-state index contributed by atoms with van der Waals surface area (Å²) in [4.78, 5) is 50.7. The van der Waals surface area contributed by atoms with Crippen LogP contribution in [0.4, 0.5) is 11.4 Å². The van der Waals surface area contributed by atoms with Gasteiger partial charge in [-0.2, -0.15) is 0 Å². The highest BCUT2D eigenvalue weighted by Gasteiger charge is 2.36. The van der Waals surface area contributed by atoms with E-state index in [-0.39, 0.29) is 18.5 Å². The number of hydrogen-bond acceptors (Lipinski definition) is 4. The Morgan fingerprint density at radius 3 is 2.45 bits per heavy atom. The van der Waals surface area contributed by atoms with Gasteiger partial charge in [-0.25, -0.2) is 0 Å². The number of ketones is 1. The number of carbonyl (C=O) groups excluding carboxylic acids is 4. The predicted octanol–water partition coefficient (Wildman–Crippen LogP) is 2.53. The number of fused-ring (bicyclic) bond motifs is 1. The van der Waals surface area contributed by atoms with Crippen LogP contribution in [0.25, 0.3) is 0 Å². The van der Waals surface area contributed by atoms with Gasteiger partial charge in [-0.05, 0) is 37.1 Å². The number of nitrogens with zero attached hydrogens (tertiary/aromatic N) is 1. The quantitative estimate of drug-likeness (QED) is 0.766. The fraction of sp³-hybridized carbons (Fsp3) is 0.273. The number of nitrogens with one attached hydrogen (secondary N) is 2. The van der Waals surface area contributed by atoms with Gasteiger partial charge in [0, 0.05) is 6.04 Å². The van der Waals surface area contributed by atoms with Crippen molar-refractivity contribution in [3.63, 3.8) is 0 Å². The lowest BCUT2D eigenvalue weighted by atomic mass is 10.1. The number of rotatable bonds is 5. The molecule has 1 aliphatic heterocycles. The van der Waals surface area contributed by atoms with E-state index < -0.39 is 17.6 Å². The van der Waals surface area contributed by atoms with Crippen LogP contribution in [-0.4, -0.2) is 36.1 Å². The summed E-state index contributed by atoms with van der Waals surface area (Å²) in [7, 11) is 0. The van der Waals surface area contributed by atoms with Crippen molar-refractivity contribution in [2.45, 2.75) is 31.7 Å². The molecule has 7 nitrogen and oxygen atoms in total. The van der Waals surface area contributed by atoms with Crippen LogP contribution in [-0.2, 0) is 9.59 Å². The van der Waals surface area contributed by atoms with E-state index >= 15 is 0 Å². The van der Waals surface area contributed by atoms with Gasteiger partial charge in [-0.15, -0.1) is 0 Å². The molecule has 0 spiro atoms. The Balaban J connectivity index is 1.47. The number of carbonyl (C=O) groups is 4. The molecule has 1 heterocycles. The molecule has 1 aliphatic carbocycles. The molecule has 0 saturated heterocycles. The molecule has 0 aromatic heterocycles. The Kier molecular flexibility index (Phi) is 5.12. The number of hydrogen-bond donors (Lipinski definition) is 2. The number of benzene rings is 2. The average Bonchev–Trinajstić information content (AvgIpc) is 3.31. The zero-order chi connectivity index (χ0) is 20.4. The van der Waals surface area contributed by atoms with E-state index in [1.807, 2.05) is 0 Å².